The van der Waals surface area contributed by atoms with E-state index in [-0.39, 0.29) is 17.9 Å². The number of carbonyl (C=O) groups excluding carboxylic acids is 1. The molecule has 4 bridgehead atoms. The number of phenolic OH excluding ortho intramolecular Hbond substituents is 1. The third-order valence-corrected chi connectivity index (χ3v) is 8.05. The smallest absolute Gasteiger partial charge is 0.229 e. The normalized spacial score (nSPS) is 32.6. The summed E-state index contributed by atoms with van der Waals surface area (Å²) in [5, 5.41) is 10.3. The molecular weight excluding hydrogens is 398 g/mol. The molecule has 6 atom stereocenters. The molecule has 3 aliphatic heterocycles. The van der Waals surface area contributed by atoms with Crippen molar-refractivity contribution in [1.82, 2.24) is 14.7 Å². The first kappa shape index (κ1) is 21.5. The van der Waals surface area contributed by atoms with Crippen LogP contribution in [-0.4, -0.2) is 70.5 Å². The Hall–Kier alpha value is -2.37. The minimum absolute atomic E-state index is 0.0871. The van der Waals surface area contributed by atoms with Crippen LogP contribution in [-0.2, 0) is 4.79 Å². The van der Waals surface area contributed by atoms with Crippen LogP contribution in [0.3, 0.4) is 0 Å². The number of amides is 1. The lowest BCUT2D eigenvalue weighted by Crippen LogP contribution is -2.61. The Kier molecular flexibility index (Phi) is 5.72. The Morgan fingerprint density at radius 1 is 1.19 bits per heavy atom. The van der Waals surface area contributed by atoms with Crippen LogP contribution in [0.5, 0.6) is 5.75 Å². The summed E-state index contributed by atoms with van der Waals surface area (Å²) < 4.78 is 0. The topological polar surface area (TPSA) is 47.0 Å². The van der Waals surface area contributed by atoms with Crippen LogP contribution in [0.15, 0.2) is 60.7 Å². The van der Waals surface area contributed by atoms with E-state index in [0.29, 0.717) is 29.9 Å². The average Bonchev–Trinajstić information content (AvgIpc) is 3.29. The molecule has 5 nitrogen and oxygen atoms in total. The molecule has 1 N–H and O–H groups in total. The van der Waals surface area contributed by atoms with Crippen molar-refractivity contribution >= 4 is 5.91 Å². The second kappa shape index (κ2) is 8.53. The first-order valence-corrected chi connectivity index (χ1v) is 12.0. The molecule has 1 amide bonds. The van der Waals surface area contributed by atoms with Gasteiger partial charge in [-0.3, -0.25) is 14.6 Å². The molecule has 0 radical (unpaired) electrons. The summed E-state index contributed by atoms with van der Waals surface area (Å²) in [5.74, 6) is 0.381. The summed E-state index contributed by atoms with van der Waals surface area (Å²) >= 11 is 0. The van der Waals surface area contributed by atoms with E-state index < -0.39 is 0 Å². The minimum Gasteiger partial charge on any atom is -0.508 e. The van der Waals surface area contributed by atoms with Gasteiger partial charge in [0.25, 0.3) is 0 Å². The lowest BCUT2D eigenvalue weighted by molar-refractivity contribution is -0.131. The van der Waals surface area contributed by atoms with Crippen molar-refractivity contribution in [2.75, 3.05) is 20.6 Å². The fourth-order valence-corrected chi connectivity index (χ4v) is 6.80. The molecular formula is C27H35N3O2. The zero-order valence-corrected chi connectivity index (χ0v) is 19.2. The van der Waals surface area contributed by atoms with Gasteiger partial charge in [-0.1, -0.05) is 36.4 Å². The number of aromatic hydroxyl groups is 1. The van der Waals surface area contributed by atoms with Gasteiger partial charge in [-0.05, 0) is 55.4 Å². The van der Waals surface area contributed by atoms with Crippen LogP contribution in [0.4, 0.5) is 0 Å². The molecule has 5 heteroatoms. The first-order valence-electron chi connectivity index (χ1n) is 12.0. The van der Waals surface area contributed by atoms with E-state index in [9.17, 15) is 9.90 Å². The van der Waals surface area contributed by atoms with Gasteiger partial charge in [0.05, 0.1) is 12.0 Å². The summed E-state index contributed by atoms with van der Waals surface area (Å²) in [6, 6.07) is 10.1. The minimum atomic E-state index is -0.0871. The predicted molar refractivity (Wildman–Crippen MR) is 127 cm³/mol. The summed E-state index contributed by atoms with van der Waals surface area (Å²) in [6.07, 6.45) is 14.3. The second-order valence-electron chi connectivity index (χ2n) is 9.99. The highest BCUT2D eigenvalue weighted by Gasteiger charge is 2.56. The Morgan fingerprint density at radius 3 is 2.44 bits per heavy atom. The monoisotopic (exact) mass is 433 g/mol. The quantitative estimate of drug-likeness (QED) is 0.692. The van der Waals surface area contributed by atoms with Gasteiger partial charge >= 0.3 is 0 Å². The van der Waals surface area contributed by atoms with Gasteiger partial charge in [0.2, 0.25) is 5.91 Å². The maximum atomic E-state index is 12.5. The van der Waals surface area contributed by atoms with Gasteiger partial charge in [0.15, 0.2) is 0 Å². The molecule has 3 fully saturated rings. The highest BCUT2D eigenvalue weighted by Crippen LogP contribution is 2.51. The van der Waals surface area contributed by atoms with Crippen molar-refractivity contribution in [3.8, 4) is 5.75 Å². The standard InChI is InChI=1S/C27H35N3O2/c1-4-16-29-22-12-13-23(29)25-15-14-24(22)30(25)26(20-6-5-7-21(31)17-20)18-8-10-19(11-9-18)27(32)28(2)3/h4-10,17,19,22-26,31H,1,11-16H2,2-3H3. The molecule has 5 rings (SSSR count). The number of phenols is 1. The van der Waals surface area contributed by atoms with Crippen molar-refractivity contribution < 1.29 is 9.90 Å². The van der Waals surface area contributed by atoms with Crippen LogP contribution in [0, 0.1) is 5.92 Å². The van der Waals surface area contributed by atoms with Crippen LogP contribution in [0.1, 0.15) is 43.7 Å². The zero-order chi connectivity index (χ0) is 22.4. The predicted octanol–water partition coefficient (Wildman–Crippen LogP) is 3.89. The highest BCUT2D eigenvalue weighted by atomic mass is 16.3. The fraction of sp³-hybridized carbons (Fsp3) is 0.519. The number of fused-ring (bicyclic) bond motifs is 6. The number of nitrogens with zero attached hydrogens (tertiary/aromatic N) is 3. The molecule has 170 valence electrons. The lowest BCUT2D eigenvalue weighted by Gasteiger charge is -2.50. The van der Waals surface area contributed by atoms with Gasteiger partial charge < -0.3 is 10.0 Å². The summed E-state index contributed by atoms with van der Waals surface area (Å²) in [4.78, 5) is 19.6. The molecule has 1 aliphatic carbocycles. The molecule has 1 aromatic rings. The van der Waals surface area contributed by atoms with Crippen molar-refractivity contribution in [2.24, 2.45) is 5.92 Å². The van der Waals surface area contributed by atoms with Crippen LogP contribution < -0.4 is 0 Å². The number of piperazine rings is 1. The lowest BCUT2D eigenvalue weighted by atomic mass is 9.86. The number of rotatable bonds is 6. The maximum Gasteiger partial charge on any atom is 0.229 e. The Labute approximate surface area is 191 Å². The van der Waals surface area contributed by atoms with Crippen LogP contribution in [0.25, 0.3) is 0 Å². The number of hydrogen-bond donors (Lipinski definition) is 1. The van der Waals surface area contributed by atoms with Crippen molar-refractivity contribution in [2.45, 2.75) is 62.3 Å². The number of hydrogen-bond acceptors (Lipinski definition) is 4. The highest BCUT2D eigenvalue weighted by molar-refractivity contribution is 5.80. The Morgan fingerprint density at radius 2 is 1.88 bits per heavy atom. The molecule has 0 aromatic heterocycles. The zero-order valence-electron chi connectivity index (χ0n) is 19.2. The maximum absolute atomic E-state index is 12.5. The molecule has 1 aromatic carbocycles. The summed E-state index contributed by atoms with van der Waals surface area (Å²) in [6.45, 7) is 4.98. The van der Waals surface area contributed by atoms with Gasteiger partial charge in [-0.2, -0.15) is 0 Å². The Bertz CT molecular complexity index is 932. The second-order valence-corrected chi connectivity index (χ2v) is 9.99. The largest absolute Gasteiger partial charge is 0.508 e. The van der Waals surface area contributed by atoms with Gasteiger partial charge in [0, 0.05) is 44.8 Å². The number of benzene rings is 1. The van der Waals surface area contributed by atoms with Gasteiger partial charge in [-0.15, -0.1) is 6.58 Å². The SMILES string of the molecule is C=CCN1C2CCC1C1CCC2N1C(C1=CCC(C(=O)N(C)C)C=C1)c1cccc(O)c1. The Balaban J connectivity index is 1.50. The van der Waals surface area contributed by atoms with Crippen molar-refractivity contribution in [3.05, 3.63) is 66.3 Å². The van der Waals surface area contributed by atoms with Crippen LogP contribution >= 0.6 is 0 Å². The van der Waals surface area contributed by atoms with E-state index in [1.165, 1.54) is 31.3 Å². The van der Waals surface area contributed by atoms with E-state index in [1.807, 2.05) is 26.2 Å². The van der Waals surface area contributed by atoms with Crippen molar-refractivity contribution in [3.63, 3.8) is 0 Å². The number of carbonyl (C=O) groups is 1. The first-order chi connectivity index (χ1) is 15.5. The van der Waals surface area contributed by atoms with Crippen molar-refractivity contribution in [1.29, 1.82) is 0 Å². The molecule has 6 unspecified atom stereocenters. The molecule has 4 aliphatic rings. The summed E-state index contributed by atoms with van der Waals surface area (Å²) in [5.41, 5.74) is 2.40. The van der Waals surface area contributed by atoms with E-state index >= 15 is 0 Å². The van der Waals surface area contributed by atoms with E-state index in [1.54, 1.807) is 11.0 Å². The molecule has 32 heavy (non-hydrogen) atoms. The third kappa shape index (κ3) is 3.52. The van der Waals surface area contributed by atoms with Gasteiger partial charge in [0.1, 0.15) is 5.75 Å². The average molecular weight is 434 g/mol. The number of allylic oxidation sites excluding steroid dienone is 1. The third-order valence-electron chi connectivity index (χ3n) is 8.05. The summed E-state index contributed by atoms with van der Waals surface area (Å²) in [7, 11) is 3.64. The van der Waals surface area contributed by atoms with E-state index in [0.717, 1.165) is 18.5 Å². The van der Waals surface area contributed by atoms with Gasteiger partial charge in [-0.25, -0.2) is 0 Å². The van der Waals surface area contributed by atoms with E-state index in [2.05, 4.69) is 46.7 Å². The molecule has 3 saturated heterocycles. The molecule has 0 spiro atoms. The fourth-order valence-electron chi connectivity index (χ4n) is 6.80. The van der Waals surface area contributed by atoms with E-state index in [4.69, 9.17) is 0 Å². The molecule has 3 heterocycles. The van der Waals surface area contributed by atoms with Crippen LogP contribution in [0.2, 0.25) is 0 Å². The molecule has 0 saturated carbocycles.